The van der Waals surface area contributed by atoms with E-state index in [-0.39, 0.29) is 16.4 Å². The first-order valence-electron chi connectivity index (χ1n) is 5.17. The summed E-state index contributed by atoms with van der Waals surface area (Å²) < 4.78 is 0. The van der Waals surface area contributed by atoms with E-state index in [0.29, 0.717) is 22.4 Å². The molecule has 2 nitrogen and oxygen atoms in total. The first kappa shape index (κ1) is 12.8. The number of halogens is 2. The van der Waals surface area contributed by atoms with Gasteiger partial charge in [-0.1, -0.05) is 35.3 Å². The standard InChI is InChI=1S/C14H8Cl2O2/c15-10-6-4-9(5-7-10)14(18)11-2-1-3-13(16)12(11)8-17/h1-8H. The molecule has 0 heterocycles. The minimum absolute atomic E-state index is 0.208. The highest BCUT2D eigenvalue weighted by atomic mass is 35.5. The van der Waals surface area contributed by atoms with Gasteiger partial charge in [-0.05, 0) is 30.3 Å². The third-order valence-corrected chi connectivity index (χ3v) is 3.10. The lowest BCUT2D eigenvalue weighted by molar-refractivity contribution is 0.102. The lowest BCUT2D eigenvalue weighted by atomic mass is 9.99. The summed E-state index contributed by atoms with van der Waals surface area (Å²) in [4.78, 5) is 23.2. The molecule has 0 bridgehead atoms. The Morgan fingerprint density at radius 3 is 2.28 bits per heavy atom. The van der Waals surface area contributed by atoms with Crippen LogP contribution in [0.4, 0.5) is 0 Å². The van der Waals surface area contributed by atoms with Crippen LogP contribution in [0, 0.1) is 0 Å². The molecule has 0 aromatic heterocycles. The maximum absolute atomic E-state index is 12.2. The van der Waals surface area contributed by atoms with Crippen LogP contribution in [0.15, 0.2) is 42.5 Å². The van der Waals surface area contributed by atoms with Gasteiger partial charge < -0.3 is 0 Å². The zero-order valence-corrected chi connectivity index (χ0v) is 10.7. The monoisotopic (exact) mass is 278 g/mol. The van der Waals surface area contributed by atoms with Crippen LogP contribution in [0.2, 0.25) is 10.0 Å². The minimum Gasteiger partial charge on any atom is -0.298 e. The van der Waals surface area contributed by atoms with Gasteiger partial charge in [-0.2, -0.15) is 0 Å². The third kappa shape index (κ3) is 2.45. The molecule has 2 aromatic carbocycles. The van der Waals surface area contributed by atoms with Crippen LogP contribution in [0.3, 0.4) is 0 Å². The Morgan fingerprint density at radius 2 is 1.67 bits per heavy atom. The molecule has 0 fully saturated rings. The Labute approximate surface area is 114 Å². The molecular weight excluding hydrogens is 271 g/mol. The molecule has 2 rings (SSSR count). The maximum atomic E-state index is 12.2. The number of carbonyl (C=O) groups is 2. The van der Waals surface area contributed by atoms with Crippen LogP contribution in [-0.2, 0) is 0 Å². The van der Waals surface area contributed by atoms with E-state index in [4.69, 9.17) is 23.2 Å². The molecule has 0 N–H and O–H groups in total. The van der Waals surface area contributed by atoms with Crippen molar-refractivity contribution in [3.8, 4) is 0 Å². The summed E-state index contributed by atoms with van der Waals surface area (Å²) in [6, 6.07) is 11.3. The smallest absolute Gasteiger partial charge is 0.193 e. The highest BCUT2D eigenvalue weighted by Gasteiger charge is 2.15. The molecule has 0 amide bonds. The predicted octanol–water partition coefficient (Wildman–Crippen LogP) is 4.04. The summed E-state index contributed by atoms with van der Waals surface area (Å²) in [5.74, 6) is -0.253. The molecule has 2 aromatic rings. The van der Waals surface area contributed by atoms with Gasteiger partial charge in [-0.3, -0.25) is 9.59 Å². The van der Waals surface area contributed by atoms with Crippen LogP contribution >= 0.6 is 23.2 Å². The molecule has 0 aliphatic carbocycles. The number of carbonyl (C=O) groups excluding carboxylic acids is 2. The zero-order valence-electron chi connectivity index (χ0n) is 9.19. The lowest BCUT2D eigenvalue weighted by Crippen LogP contribution is -2.05. The van der Waals surface area contributed by atoms with Gasteiger partial charge in [-0.25, -0.2) is 0 Å². The van der Waals surface area contributed by atoms with E-state index >= 15 is 0 Å². The second-order valence-corrected chi connectivity index (χ2v) is 4.50. The van der Waals surface area contributed by atoms with E-state index < -0.39 is 0 Å². The van der Waals surface area contributed by atoms with Gasteiger partial charge in [0.2, 0.25) is 0 Å². The second kappa shape index (κ2) is 5.34. The average molecular weight is 279 g/mol. The topological polar surface area (TPSA) is 34.1 Å². The first-order valence-corrected chi connectivity index (χ1v) is 5.93. The molecular formula is C14H8Cl2O2. The molecule has 0 unspecified atom stereocenters. The predicted molar refractivity (Wildman–Crippen MR) is 71.7 cm³/mol. The molecule has 0 saturated carbocycles. The van der Waals surface area contributed by atoms with Crippen molar-refractivity contribution >= 4 is 35.3 Å². The van der Waals surface area contributed by atoms with Crippen LogP contribution in [-0.4, -0.2) is 12.1 Å². The zero-order chi connectivity index (χ0) is 13.1. The fourth-order valence-electron chi connectivity index (χ4n) is 1.61. The average Bonchev–Trinajstić information content (AvgIpc) is 2.38. The molecule has 0 atom stereocenters. The van der Waals surface area contributed by atoms with Gasteiger partial charge in [-0.15, -0.1) is 0 Å². The van der Waals surface area contributed by atoms with Crippen molar-refractivity contribution in [2.45, 2.75) is 0 Å². The van der Waals surface area contributed by atoms with E-state index in [2.05, 4.69) is 0 Å². The van der Waals surface area contributed by atoms with Crippen molar-refractivity contribution in [2.75, 3.05) is 0 Å². The Hall–Kier alpha value is -1.64. The number of aldehydes is 1. The number of hydrogen-bond acceptors (Lipinski definition) is 2. The largest absolute Gasteiger partial charge is 0.298 e. The molecule has 90 valence electrons. The van der Waals surface area contributed by atoms with Crippen LogP contribution in [0.1, 0.15) is 26.3 Å². The second-order valence-electron chi connectivity index (χ2n) is 3.65. The minimum atomic E-state index is -0.253. The van der Waals surface area contributed by atoms with Crippen molar-refractivity contribution in [3.05, 3.63) is 69.2 Å². The van der Waals surface area contributed by atoms with Gasteiger partial charge in [0, 0.05) is 21.7 Å². The maximum Gasteiger partial charge on any atom is 0.193 e. The summed E-state index contributed by atoms with van der Waals surface area (Å²) in [5.41, 5.74) is 0.962. The van der Waals surface area contributed by atoms with Crippen LogP contribution in [0.5, 0.6) is 0 Å². The van der Waals surface area contributed by atoms with Crippen molar-refractivity contribution in [1.29, 1.82) is 0 Å². The fraction of sp³-hybridized carbons (Fsp3) is 0. The van der Waals surface area contributed by atoms with E-state index in [0.717, 1.165) is 0 Å². The van der Waals surface area contributed by atoms with Crippen molar-refractivity contribution < 1.29 is 9.59 Å². The van der Waals surface area contributed by atoms with Crippen LogP contribution < -0.4 is 0 Å². The molecule has 0 radical (unpaired) electrons. The molecule has 0 aliphatic rings. The van der Waals surface area contributed by atoms with Crippen molar-refractivity contribution in [3.63, 3.8) is 0 Å². The Bertz CT molecular complexity index is 604. The molecule has 4 heteroatoms. The summed E-state index contributed by atoms with van der Waals surface area (Å²) in [5, 5.41) is 0.818. The fourth-order valence-corrected chi connectivity index (χ4v) is 1.96. The molecule has 0 aliphatic heterocycles. The first-order chi connectivity index (χ1) is 8.63. The number of rotatable bonds is 3. The number of ketones is 1. The normalized spacial score (nSPS) is 10.1. The molecule has 0 saturated heterocycles. The third-order valence-electron chi connectivity index (χ3n) is 2.52. The lowest BCUT2D eigenvalue weighted by Gasteiger charge is -2.05. The molecule has 18 heavy (non-hydrogen) atoms. The van der Waals surface area contributed by atoms with Gasteiger partial charge in [0.15, 0.2) is 12.1 Å². The quantitative estimate of drug-likeness (QED) is 0.627. The summed E-state index contributed by atoms with van der Waals surface area (Å²) in [6.07, 6.45) is 0.589. The Kier molecular flexibility index (Phi) is 3.80. The SMILES string of the molecule is O=Cc1c(Cl)cccc1C(=O)c1ccc(Cl)cc1. The summed E-state index contributed by atoms with van der Waals surface area (Å²) >= 11 is 11.6. The van der Waals surface area contributed by atoms with Crippen molar-refractivity contribution in [2.24, 2.45) is 0 Å². The Balaban J connectivity index is 2.49. The highest BCUT2D eigenvalue weighted by Crippen LogP contribution is 2.21. The summed E-state index contributed by atoms with van der Waals surface area (Å²) in [7, 11) is 0. The van der Waals surface area contributed by atoms with Crippen LogP contribution in [0.25, 0.3) is 0 Å². The van der Waals surface area contributed by atoms with E-state index in [9.17, 15) is 9.59 Å². The summed E-state index contributed by atoms with van der Waals surface area (Å²) in [6.45, 7) is 0. The van der Waals surface area contributed by atoms with E-state index in [1.807, 2.05) is 0 Å². The highest BCUT2D eigenvalue weighted by molar-refractivity contribution is 6.34. The number of benzene rings is 2. The molecule has 0 spiro atoms. The number of hydrogen-bond donors (Lipinski definition) is 0. The van der Waals surface area contributed by atoms with Gasteiger partial charge in [0.25, 0.3) is 0 Å². The van der Waals surface area contributed by atoms with Gasteiger partial charge >= 0.3 is 0 Å². The van der Waals surface area contributed by atoms with Crippen molar-refractivity contribution in [1.82, 2.24) is 0 Å². The Morgan fingerprint density at radius 1 is 1.00 bits per heavy atom. The van der Waals surface area contributed by atoms with Gasteiger partial charge in [0.05, 0.1) is 5.02 Å². The van der Waals surface area contributed by atoms with Gasteiger partial charge in [0.1, 0.15) is 0 Å². The van der Waals surface area contributed by atoms with E-state index in [1.165, 1.54) is 0 Å². The van der Waals surface area contributed by atoms with E-state index in [1.54, 1.807) is 42.5 Å².